The predicted octanol–water partition coefficient (Wildman–Crippen LogP) is 5.69. The van der Waals surface area contributed by atoms with Crippen molar-refractivity contribution < 1.29 is 8.42 Å². The molecule has 2 aromatic rings. The summed E-state index contributed by atoms with van der Waals surface area (Å²) >= 11 is 11.9. The second-order valence-electron chi connectivity index (χ2n) is 6.10. The van der Waals surface area contributed by atoms with Gasteiger partial charge >= 0.3 is 0 Å². The Morgan fingerprint density at radius 2 is 1.60 bits per heavy atom. The summed E-state index contributed by atoms with van der Waals surface area (Å²) in [6, 6.07) is 10.7. The molecular formula is C19H25Cl2NO2S. The van der Waals surface area contributed by atoms with Crippen LogP contribution in [0.2, 0.25) is 5.02 Å². The van der Waals surface area contributed by atoms with E-state index in [2.05, 4.69) is 0 Å². The molecule has 6 heteroatoms. The Bertz CT molecular complexity index is 793. The van der Waals surface area contributed by atoms with E-state index in [1.807, 2.05) is 19.1 Å². The zero-order chi connectivity index (χ0) is 18.3. The monoisotopic (exact) mass is 401 g/mol. The van der Waals surface area contributed by atoms with Gasteiger partial charge in [-0.1, -0.05) is 55.6 Å². The topological polar surface area (TPSA) is 37.4 Å². The summed E-state index contributed by atoms with van der Waals surface area (Å²) in [5.41, 5.74) is 0. The van der Waals surface area contributed by atoms with E-state index in [-0.39, 0.29) is 0 Å². The Hall–Kier alpha value is -0.810. The zero-order valence-corrected chi connectivity index (χ0v) is 16.9. The number of benzene rings is 2. The molecule has 0 fully saturated rings. The van der Waals surface area contributed by atoms with Crippen molar-refractivity contribution in [3.63, 3.8) is 0 Å². The number of halogens is 2. The summed E-state index contributed by atoms with van der Waals surface area (Å²) in [5.74, 6) is 0.660. The molecule has 138 valence electrons. The van der Waals surface area contributed by atoms with Crippen LogP contribution in [0.5, 0.6) is 0 Å². The average molecular weight is 402 g/mol. The number of alkyl halides is 1. The van der Waals surface area contributed by atoms with Crippen molar-refractivity contribution in [2.75, 3.05) is 19.0 Å². The van der Waals surface area contributed by atoms with E-state index in [0.29, 0.717) is 34.3 Å². The maximum atomic E-state index is 13.2. The largest absolute Gasteiger partial charge is 0.243 e. The van der Waals surface area contributed by atoms with Gasteiger partial charge in [0.05, 0.1) is 4.90 Å². The number of hydrogen-bond donors (Lipinski definition) is 0. The van der Waals surface area contributed by atoms with Crippen molar-refractivity contribution in [1.29, 1.82) is 0 Å². The van der Waals surface area contributed by atoms with Crippen molar-refractivity contribution in [1.82, 2.24) is 4.31 Å². The van der Waals surface area contributed by atoms with Crippen LogP contribution in [-0.2, 0) is 10.0 Å². The Labute approximate surface area is 161 Å². The first-order valence-corrected chi connectivity index (χ1v) is 11.1. The molecule has 0 aliphatic carbocycles. The van der Waals surface area contributed by atoms with Gasteiger partial charge in [0.1, 0.15) is 0 Å². The first-order chi connectivity index (χ1) is 12.0. The van der Waals surface area contributed by atoms with Gasteiger partial charge in [0, 0.05) is 34.8 Å². The molecule has 0 aliphatic heterocycles. The summed E-state index contributed by atoms with van der Waals surface area (Å²) in [4.78, 5) is 0.335. The van der Waals surface area contributed by atoms with E-state index < -0.39 is 10.0 Å². The van der Waals surface area contributed by atoms with Crippen LogP contribution >= 0.6 is 23.2 Å². The molecule has 0 bridgehead atoms. The van der Waals surface area contributed by atoms with E-state index in [9.17, 15) is 8.42 Å². The van der Waals surface area contributed by atoms with Gasteiger partial charge in [0.2, 0.25) is 10.0 Å². The third-order valence-electron chi connectivity index (χ3n) is 4.21. The lowest BCUT2D eigenvalue weighted by molar-refractivity contribution is 0.397. The lowest BCUT2D eigenvalue weighted by atomic mass is 10.1. The second-order valence-corrected chi connectivity index (χ2v) is 8.79. The molecule has 0 unspecified atom stereocenters. The van der Waals surface area contributed by atoms with Crippen molar-refractivity contribution in [2.45, 2.75) is 43.9 Å². The molecule has 0 radical (unpaired) electrons. The minimum absolute atomic E-state index is 0.335. The highest BCUT2D eigenvalue weighted by Gasteiger charge is 2.25. The summed E-state index contributed by atoms with van der Waals surface area (Å²) in [5, 5.41) is 2.01. The molecule has 2 aromatic carbocycles. The normalized spacial score (nSPS) is 12.2. The molecule has 0 aliphatic rings. The fourth-order valence-electron chi connectivity index (χ4n) is 2.94. The molecule has 0 N–H and O–H groups in total. The molecule has 0 aromatic heterocycles. The molecule has 0 spiro atoms. The Kier molecular flexibility index (Phi) is 8.01. The van der Waals surface area contributed by atoms with Crippen LogP contribution in [0.1, 0.15) is 39.0 Å². The third kappa shape index (κ3) is 5.10. The van der Waals surface area contributed by atoms with Gasteiger partial charge in [0.15, 0.2) is 0 Å². The van der Waals surface area contributed by atoms with Crippen LogP contribution in [0.15, 0.2) is 41.3 Å². The van der Waals surface area contributed by atoms with Crippen molar-refractivity contribution >= 4 is 44.0 Å². The fraction of sp³-hybridized carbons (Fsp3) is 0.474. The van der Waals surface area contributed by atoms with Gasteiger partial charge in [-0.15, -0.1) is 11.6 Å². The van der Waals surface area contributed by atoms with Crippen LogP contribution in [0.25, 0.3) is 10.8 Å². The number of fused-ring (bicyclic) bond motifs is 1. The van der Waals surface area contributed by atoms with Crippen LogP contribution < -0.4 is 0 Å². The van der Waals surface area contributed by atoms with Gasteiger partial charge in [-0.25, -0.2) is 8.42 Å². The first kappa shape index (κ1) is 20.5. The SMILES string of the molecule is CCCN(CCCCCCCl)S(=O)(=O)c1cccc2c(Cl)cccc12. The average Bonchev–Trinajstić information content (AvgIpc) is 2.60. The maximum absolute atomic E-state index is 13.2. The highest BCUT2D eigenvalue weighted by atomic mass is 35.5. The second kappa shape index (κ2) is 9.77. The summed E-state index contributed by atoms with van der Waals surface area (Å²) in [7, 11) is -3.55. The molecule has 0 amide bonds. The van der Waals surface area contributed by atoms with Gasteiger partial charge in [-0.3, -0.25) is 0 Å². The van der Waals surface area contributed by atoms with E-state index in [0.717, 1.165) is 37.5 Å². The van der Waals surface area contributed by atoms with Crippen LogP contribution in [-0.4, -0.2) is 31.7 Å². The summed E-state index contributed by atoms with van der Waals surface area (Å²) in [6.45, 7) is 3.06. The van der Waals surface area contributed by atoms with E-state index in [4.69, 9.17) is 23.2 Å². The number of unbranched alkanes of at least 4 members (excludes halogenated alkanes) is 3. The Morgan fingerprint density at radius 3 is 2.32 bits per heavy atom. The van der Waals surface area contributed by atoms with Gasteiger partial charge < -0.3 is 0 Å². The molecule has 2 rings (SSSR count). The lowest BCUT2D eigenvalue weighted by Gasteiger charge is -2.22. The molecule has 0 heterocycles. The number of nitrogens with zero attached hydrogens (tertiary/aromatic N) is 1. The summed E-state index contributed by atoms with van der Waals surface area (Å²) < 4.78 is 28.1. The van der Waals surface area contributed by atoms with E-state index >= 15 is 0 Å². The van der Waals surface area contributed by atoms with Crippen molar-refractivity contribution in [2.24, 2.45) is 0 Å². The van der Waals surface area contributed by atoms with Crippen LogP contribution in [0, 0.1) is 0 Å². The predicted molar refractivity (Wildman–Crippen MR) is 107 cm³/mol. The summed E-state index contributed by atoms with van der Waals surface area (Å²) in [6.07, 6.45) is 4.63. The van der Waals surface area contributed by atoms with Crippen molar-refractivity contribution in [3.8, 4) is 0 Å². The Balaban J connectivity index is 2.29. The molecule has 0 atom stereocenters. The molecule has 0 saturated carbocycles. The first-order valence-electron chi connectivity index (χ1n) is 8.75. The Morgan fingerprint density at radius 1 is 0.920 bits per heavy atom. The molecule has 25 heavy (non-hydrogen) atoms. The quantitative estimate of drug-likeness (QED) is 0.378. The maximum Gasteiger partial charge on any atom is 0.243 e. The third-order valence-corrected chi connectivity index (χ3v) is 6.76. The smallest absolute Gasteiger partial charge is 0.207 e. The van der Waals surface area contributed by atoms with E-state index in [1.165, 1.54) is 0 Å². The minimum atomic E-state index is -3.55. The number of rotatable bonds is 10. The van der Waals surface area contributed by atoms with Gasteiger partial charge in [-0.05, 0) is 31.4 Å². The van der Waals surface area contributed by atoms with Crippen LogP contribution in [0.3, 0.4) is 0 Å². The van der Waals surface area contributed by atoms with Crippen LogP contribution in [0.4, 0.5) is 0 Å². The standard InChI is InChI=1S/C19H25Cl2NO2S/c1-2-14-22(15-6-4-3-5-13-20)25(23,24)19-12-8-9-16-17(19)10-7-11-18(16)21/h7-12H,2-6,13-15H2,1H3. The van der Waals surface area contributed by atoms with Gasteiger partial charge in [0.25, 0.3) is 0 Å². The fourth-order valence-corrected chi connectivity index (χ4v) is 5.15. The highest BCUT2D eigenvalue weighted by Crippen LogP contribution is 2.30. The van der Waals surface area contributed by atoms with E-state index in [1.54, 1.807) is 28.6 Å². The molecule has 0 saturated heterocycles. The lowest BCUT2D eigenvalue weighted by Crippen LogP contribution is -2.33. The molecular weight excluding hydrogens is 377 g/mol. The molecule has 3 nitrogen and oxygen atoms in total. The van der Waals surface area contributed by atoms with Gasteiger partial charge in [-0.2, -0.15) is 4.31 Å². The number of hydrogen-bond acceptors (Lipinski definition) is 2. The van der Waals surface area contributed by atoms with Crippen molar-refractivity contribution in [3.05, 3.63) is 41.4 Å². The minimum Gasteiger partial charge on any atom is -0.207 e. The number of sulfonamides is 1. The highest BCUT2D eigenvalue weighted by molar-refractivity contribution is 7.89. The zero-order valence-electron chi connectivity index (χ0n) is 14.5.